The van der Waals surface area contributed by atoms with E-state index in [4.69, 9.17) is 4.42 Å². The summed E-state index contributed by atoms with van der Waals surface area (Å²) in [6, 6.07) is 6.41. The predicted octanol–water partition coefficient (Wildman–Crippen LogP) is 2.87. The highest BCUT2D eigenvalue weighted by atomic mass is 32.1. The summed E-state index contributed by atoms with van der Waals surface area (Å²) in [6.07, 6.45) is 4.74. The van der Waals surface area contributed by atoms with E-state index >= 15 is 0 Å². The molecule has 0 spiro atoms. The van der Waals surface area contributed by atoms with Gasteiger partial charge in [0.05, 0.1) is 29.9 Å². The lowest BCUT2D eigenvalue weighted by atomic mass is 10.4. The Balaban J connectivity index is 1.94. The number of nitrogens with zero attached hydrogens (tertiary/aromatic N) is 5. The Morgan fingerprint density at radius 3 is 3.00 bits per heavy atom. The topological polar surface area (TPSA) is 98.8 Å². The van der Waals surface area contributed by atoms with Gasteiger partial charge in [0.1, 0.15) is 4.92 Å². The molecule has 0 N–H and O–H groups in total. The van der Waals surface area contributed by atoms with Gasteiger partial charge in [0.25, 0.3) is 0 Å². The lowest BCUT2D eigenvalue weighted by Gasteiger charge is -1.96. The summed E-state index contributed by atoms with van der Waals surface area (Å²) in [6.45, 7) is 1.89. The van der Waals surface area contributed by atoms with Crippen LogP contribution >= 0.6 is 11.3 Å². The van der Waals surface area contributed by atoms with Gasteiger partial charge in [0, 0.05) is 11.6 Å². The maximum Gasteiger partial charge on any atom is 0.433 e. The highest BCUT2D eigenvalue weighted by molar-refractivity contribution is 7.07. The Hall–Kier alpha value is -3.07. The van der Waals surface area contributed by atoms with Gasteiger partial charge in [-0.15, -0.1) is 11.3 Å². The number of aryl methyl sites for hydroxylation is 1. The molecule has 0 saturated carbocycles. The first kappa shape index (κ1) is 14.9. The Morgan fingerprint density at radius 1 is 1.43 bits per heavy atom. The number of thiazole rings is 1. The molecule has 23 heavy (non-hydrogen) atoms. The van der Waals surface area contributed by atoms with Crippen molar-refractivity contribution in [3.8, 4) is 0 Å². The third-order valence-electron chi connectivity index (χ3n) is 2.81. The SMILES string of the molecule is Cc1csc(=Nc2cccnc2)n1N=Cc1ccc([N+](=O)[O-])o1. The van der Waals surface area contributed by atoms with E-state index in [-0.39, 0.29) is 5.88 Å². The fourth-order valence-corrected chi connectivity index (χ4v) is 2.58. The number of hydrogen-bond acceptors (Lipinski definition) is 7. The number of nitro groups is 1. The van der Waals surface area contributed by atoms with Crippen LogP contribution in [0, 0.1) is 17.0 Å². The number of pyridine rings is 1. The van der Waals surface area contributed by atoms with Crippen molar-refractivity contribution in [2.24, 2.45) is 10.1 Å². The minimum absolute atomic E-state index is 0.294. The first-order chi connectivity index (χ1) is 11.1. The van der Waals surface area contributed by atoms with Gasteiger partial charge in [-0.25, -0.2) is 9.67 Å². The van der Waals surface area contributed by atoms with Crippen molar-refractivity contribution in [1.29, 1.82) is 0 Å². The van der Waals surface area contributed by atoms with E-state index in [0.29, 0.717) is 16.2 Å². The highest BCUT2D eigenvalue weighted by Gasteiger charge is 2.10. The van der Waals surface area contributed by atoms with Crippen molar-refractivity contribution >= 4 is 29.1 Å². The summed E-state index contributed by atoms with van der Waals surface area (Å²) in [4.78, 5) is 19.2. The van der Waals surface area contributed by atoms with Crippen LogP contribution in [0.3, 0.4) is 0 Å². The second kappa shape index (κ2) is 6.36. The second-order valence-electron chi connectivity index (χ2n) is 4.47. The van der Waals surface area contributed by atoms with Crippen molar-refractivity contribution in [3.05, 3.63) is 68.4 Å². The molecular weight excluding hydrogens is 318 g/mol. The molecular formula is C14H11N5O3S. The molecule has 0 atom stereocenters. The number of rotatable bonds is 4. The van der Waals surface area contributed by atoms with Gasteiger partial charge >= 0.3 is 5.88 Å². The lowest BCUT2D eigenvalue weighted by molar-refractivity contribution is -0.402. The van der Waals surface area contributed by atoms with Crippen LogP contribution in [-0.4, -0.2) is 20.8 Å². The molecule has 0 aliphatic rings. The second-order valence-corrected chi connectivity index (χ2v) is 5.31. The van der Waals surface area contributed by atoms with Crippen molar-refractivity contribution < 1.29 is 9.34 Å². The predicted molar refractivity (Wildman–Crippen MR) is 84.9 cm³/mol. The molecule has 0 unspecified atom stereocenters. The molecule has 0 aliphatic heterocycles. The largest absolute Gasteiger partial charge is 0.433 e. The number of hydrogen-bond donors (Lipinski definition) is 0. The zero-order valence-electron chi connectivity index (χ0n) is 12.0. The molecule has 0 aromatic carbocycles. The number of furan rings is 1. The molecule has 0 amide bonds. The third kappa shape index (κ3) is 3.40. The van der Waals surface area contributed by atoms with E-state index in [1.807, 2.05) is 18.4 Å². The summed E-state index contributed by atoms with van der Waals surface area (Å²) < 4.78 is 6.67. The Morgan fingerprint density at radius 2 is 2.30 bits per heavy atom. The molecule has 9 heteroatoms. The molecule has 0 radical (unpaired) electrons. The van der Waals surface area contributed by atoms with Crippen molar-refractivity contribution in [2.75, 3.05) is 0 Å². The average molecular weight is 329 g/mol. The quantitative estimate of drug-likeness (QED) is 0.417. The maximum absolute atomic E-state index is 10.6. The molecule has 3 heterocycles. The van der Waals surface area contributed by atoms with Crippen LogP contribution in [0.4, 0.5) is 11.6 Å². The van der Waals surface area contributed by atoms with E-state index in [9.17, 15) is 10.1 Å². The molecule has 3 aromatic rings. The number of aromatic nitrogens is 2. The minimum atomic E-state index is -0.594. The van der Waals surface area contributed by atoms with E-state index in [1.54, 1.807) is 23.1 Å². The van der Waals surface area contributed by atoms with Crippen molar-refractivity contribution in [3.63, 3.8) is 0 Å². The Labute approximate surface area is 134 Å². The highest BCUT2D eigenvalue weighted by Crippen LogP contribution is 2.14. The van der Waals surface area contributed by atoms with Gasteiger partial charge in [0.15, 0.2) is 5.76 Å². The zero-order valence-corrected chi connectivity index (χ0v) is 12.8. The molecule has 0 aliphatic carbocycles. The van der Waals surface area contributed by atoms with Crippen LogP contribution in [0.1, 0.15) is 11.5 Å². The van der Waals surface area contributed by atoms with E-state index < -0.39 is 4.92 Å². The van der Waals surface area contributed by atoms with Crippen LogP contribution in [0.15, 0.2) is 56.6 Å². The maximum atomic E-state index is 10.6. The first-order valence-corrected chi connectivity index (χ1v) is 7.42. The van der Waals surface area contributed by atoms with Crippen LogP contribution in [0.2, 0.25) is 0 Å². The summed E-state index contributed by atoms with van der Waals surface area (Å²) in [5.74, 6) is -0.0270. The summed E-state index contributed by atoms with van der Waals surface area (Å²) >= 11 is 1.43. The first-order valence-electron chi connectivity index (χ1n) is 6.54. The van der Waals surface area contributed by atoms with Gasteiger partial charge in [0.2, 0.25) is 4.80 Å². The van der Waals surface area contributed by atoms with E-state index in [1.165, 1.54) is 29.7 Å². The van der Waals surface area contributed by atoms with Gasteiger partial charge in [-0.1, -0.05) is 0 Å². The lowest BCUT2D eigenvalue weighted by Crippen LogP contribution is -2.11. The van der Waals surface area contributed by atoms with Crippen molar-refractivity contribution in [1.82, 2.24) is 9.66 Å². The summed E-state index contributed by atoms with van der Waals surface area (Å²) in [5.41, 5.74) is 1.60. The summed E-state index contributed by atoms with van der Waals surface area (Å²) in [5, 5.41) is 16.8. The fraction of sp³-hybridized carbons (Fsp3) is 0.0714. The molecule has 0 fully saturated rings. The Kier molecular flexibility index (Phi) is 4.11. The fourth-order valence-electron chi connectivity index (χ4n) is 1.76. The van der Waals surface area contributed by atoms with Crippen LogP contribution in [-0.2, 0) is 0 Å². The zero-order chi connectivity index (χ0) is 16.2. The monoisotopic (exact) mass is 329 g/mol. The standard InChI is InChI=1S/C14H11N5O3S/c1-10-9-23-14(17-11-3-2-6-15-7-11)18(10)16-8-12-4-5-13(22-12)19(20)21/h2-9H,1H3. The minimum Gasteiger partial charge on any atom is -0.400 e. The van der Waals surface area contributed by atoms with Crippen LogP contribution < -0.4 is 4.80 Å². The third-order valence-corrected chi connectivity index (χ3v) is 3.75. The van der Waals surface area contributed by atoms with Crippen LogP contribution in [0.5, 0.6) is 0 Å². The smallest absolute Gasteiger partial charge is 0.400 e. The van der Waals surface area contributed by atoms with Crippen molar-refractivity contribution in [2.45, 2.75) is 6.92 Å². The van der Waals surface area contributed by atoms with E-state index in [0.717, 1.165) is 5.69 Å². The molecule has 0 saturated heterocycles. The van der Waals surface area contributed by atoms with Gasteiger partial charge in [-0.3, -0.25) is 15.1 Å². The van der Waals surface area contributed by atoms with Crippen LogP contribution in [0.25, 0.3) is 0 Å². The molecule has 3 rings (SSSR count). The summed E-state index contributed by atoms with van der Waals surface area (Å²) in [7, 11) is 0. The molecule has 8 nitrogen and oxygen atoms in total. The normalized spacial score (nSPS) is 12.1. The average Bonchev–Trinajstić information content (AvgIpc) is 3.14. The molecule has 3 aromatic heterocycles. The molecule has 116 valence electrons. The Bertz CT molecular complexity index is 923. The van der Waals surface area contributed by atoms with Gasteiger partial charge in [-0.2, -0.15) is 5.10 Å². The van der Waals surface area contributed by atoms with E-state index in [2.05, 4.69) is 15.1 Å². The molecule has 0 bridgehead atoms. The van der Waals surface area contributed by atoms with Gasteiger partial charge < -0.3 is 4.42 Å². The van der Waals surface area contributed by atoms with Gasteiger partial charge in [-0.05, 0) is 25.1 Å².